The third-order valence-corrected chi connectivity index (χ3v) is 4.69. The molecule has 0 unspecified atom stereocenters. The lowest BCUT2D eigenvalue weighted by Crippen LogP contribution is -2.20. The van der Waals surface area contributed by atoms with E-state index in [-0.39, 0.29) is 5.91 Å². The Morgan fingerprint density at radius 2 is 1.92 bits per heavy atom. The van der Waals surface area contributed by atoms with Crippen molar-refractivity contribution >= 4 is 17.2 Å². The molecule has 0 saturated carbocycles. The van der Waals surface area contributed by atoms with Crippen LogP contribution in [0.25, 0.3) is 5.65 Å². The smallest absolute Gasteiger partial charge is 0.257 e. The van der Waals surface area contributed by atoms with Crippen LogP contribution in [0.3, 0.4) is 0 Å². The molecule has 1 fully saturated rings. The van der Waals surface area contributed by atoms with Crippen LogP contribution >= 0.6 is 0 Å². The molecule has 1 saturated heterocycles. The molecule has 1 aromatic carbocycles. The summed E-state index contributed by atoms with van der Waals surface area (Å²) < 4.78 is 1.82. The number of fused-ring (bicyclic) bond motifs is 1. The van der Waals surface area contributed by atoms with Crippen molar-refractivity contribution in [2.75, 3.05) is 18.4 Å². The maximum absolute atomic E-state index is 12.7. The molecule has 25 heavy (non-hydrogen) atoms. The number of amides is 1. The zero-order valence-corrected chi connectivity index (χ0v) is 14.3. The minimum Gasteiger partial charge on any atom is -0.322 e. The average molecular weight is 335 g/mol. The first-order valence-electron chi connectivity index (χ1n) is 8.64. The molecule has 2 aromatic heterocycles. The van der Waals surface area contributed by atoms with Crippen molar-refractivity contribution in [1.29, 1.82) is 0 Å². The normalized spacial score (nSPS) is 14.9. The molecule has 0 bridgehead atoms. The van der Waals surface area contributed by atoms with E-state index in [4.69, 9.17) is 0 Å². The quantitative estimate of drug-likeness (QED) is 0.796. The molecule has 1 aliphatic heterocycles. The van der Waals surface area contributed by atoms with E-state index in [2.05, 4.69) is 26.5 Å². The summed E-state index contributed by atoms with van der Waals surface area (Å²) in [7, 11) is 0. The minimum absolute atomic E-state index is 0.121. The van der Waals surface area contributed by atoms with Gasteiger partial charge in [0.25, 0.3) is 5.91 Å². The summed E-state index contributed by atoms with van der Waals surface area (Å²) in [4.78, 5) is 15.1. The van der Waals surface area contributed by atoms with Gasteiger partial charge in [0, 0.05) is 18.4 Å². The molecular weight excluding hydrogens is 314 g/mol. The first-order chi connectivity index (χ1) is 12.2. The van der Waals surface area contributed by atoms with Crippen LogP contribution in [-0.4, -0.2) is 38.5 Å². The first-order valence-corrected chi connectivity index (χ1v) is 8.64. The fraction of sp³-hybridized carbons (Fsp3) is 0.316. The number of carbonyl (C=O) groups excluding carboxylic acids is 1. The number of para-hydroxylation sites is 1. The Morgan fingerprint density at radius 3 is 2.76 bits per heavy atom. The highest BCUT2D eigenvalue weighted by Crippen LogP contribution is 2.21. The molecule has 6 nitrogen and oxygen atoms in total. The Balaban J connectivity index is 1.56. The number of hydrogen-bond donors (Lipinski definition) is 1. The SMILES string of the molecule is Cc1nnc2ccc(C(=O)Nc3ccccc3CN3CCCC3)cn12. The zero-order chi connectivity index (χ0) is 17.2. The standard InChI is InChI=1S/C19H21N5O/c1-14-21-22-18-9-8-16(13-24(14)18)19(25)20-17-7-3-2-6-15(17)12-23-10-4-5-11-23/h2-3,6-9,13H,4-5,10-12H2,1H3,(H,20,25). The topological polar surface area (TPSA) is 62.5 Å². The number of anilines is 1. The molecule has 1 amide bonds. The number of pyridine rings is 1. The second-order valence-electron chi connectivity index (χ2n) is 6.49. The van der Waals surface area contributed by atoms with Crippen molar-refractivity contribution in [3.8, 4) is 0 Å². The van der Waals surface area contributed by atoms with Crippen LogP contribution in [0.2, 0.25) is 0 Å². The fourth-order valence-corrected chi connectivity index (χ4v) is 3.30. The number of aromatic nitrogens is 3. The molecule has 6 heteroatoms. The monoisotopic (exact) mass is 335 g/mol. The Bertz CT molecular complexity index is 911. The number of nitrogens with zero attached hydrogens (tertiary/aromatic N) is 4. The molecule has 128 valence electrons. The fourth-order valence-electron chi connectivity index (χ4n) is 3.30. The maximum atomic E-state index is 12.7. The van der Waals surface area contributed by atoms with Gasteiger partial charge in [-0.25, -0.2) is 0 Å². The maximum Gasteiger partial charge on any atom is 0.257 e. The molecule has 0 spiro atoms. The largest absolute Gasteiger partial charge is 0.322 e. The predicted octanol–water partition coefficient (Wildman–Crippen LogP) is 2.89. The van der Waals surface area contributed by atoms with Gasteiger partial charge >= 0.3 is 0 Å². The van der Waals surface area contributed by atoms with E-state index in [1.54, 1.807) is 12.3 Å². The molecule has 1 aliphatic rings. The van der Waals surface area contributed by atoms with Crippen molar-refractivity contribution < 1.29 is 4.79 Å². The molecule has 1 N–H and O–H groups in total. The number of carbonyl (C=O) groups is 1. The zero-order valence-electron chi connectivity index (χ0n) is 14.3. The highest BCUT2D eigenvalue weighted by Gasteiger charge is 2.15. The Hall–Kier alpha value is -2.73. The lowest BCUT2D eigenvalue weighted by molar-refractivity contribution is 0.102. The van der Waals surface area contributed by atoms with Gasteiger partial charge in [-0.15, -0.1) is 10.2 Å². The third kappa shape index (κ3) is 3.25. The van der Waals surface area contributed by atoms with Crippen molar-refractivity contribution in [1.82, 2.24) is 19.5 Å². The summed E-state index contributed by atoms with van der Waals surface area (Å²) >= 11 is 0. The van der Waals surface area contributed by atoms with Gasteiger partial charge < -0.3 is 5.32 Å². The van der Waals surface area contributed by atoms with Gasteiger partial charge in [-0.2, -0.15) is 0 Å². The van der Waals surface area contributed by atoms with E-state index in [0.717, 1.165) is 42.4 Å². The van der Waals surface area contributed by atoms with Crippen molar-refractivity contribution in [2.24, 2.45) is 0 Å². The number of benzene rings is 1. The van der Waals surface area contributed by atoms with Gasteiger partial charge in [-0.05, 0) is 56.6 Å². The average Bonchev–Trinajstić information content (AvgIpc) is 3.26. The van der Waals surface area contributed by atoms with Gasteiger partial charge in [-0.1, -0.05) is 18.2 Å². The van der Waals surface area contributed by atoms with E-state index < -0.39 is 0 Å². The first kappa shape index (κ1) is 15.8. The van der Waals surface area contributed by atoms with Gasteiger partial charge in [0.05, 0.1) is 5.56 Å². The molecule has 3 heterocycles. The molecule has 0 aliphatic carbocycles. The summed E-state index contributed by atoms with van der Waals surface area (Å²) in [6.07, 6.45) is 4.29. The van der Waals surface area contributed by atoms with Gasteiger partial charge in [0.2, 0.25) is 0 Å². The summed E-state index contributed by atoms with van der Waals surface area (Å²) in [6.45, 7) is 5.00. The number of likely N-dealkylation sites (tertiary alicyclic amines) is 1. The van der Waals surface area contributed by atoms with Gasteiger partial charge in [0.1, 0.15) is 5.82 Å². The van der Waals surface area contributed by atoms with E-state index in [9.17, 15) is 4.79 Å². The third-order valence-electron chi connectivity index (χ3n) is 4.69. The van der Waals surface area contributed by atoms with Crippen LogP contribution in [0.4, 0.5) is 5.69 Å². The summed E-state index contributed by atoms with van der Waals surface area (Å²) in [5.41, 5.74) is 3.36. The highest BCUT2D eigenvalue weighted by atomic mass is 16.1. The summed E-state index contributed by atoms with van der Waals surface area (Å²) in [5.74, 6) is 0.642. The van der Waals surface area contributed by atoms with Crippen molar-refractivity contribution in [2.45, 2.75) is 26.3 Å². The second kappa shape index (κ2) is 6.64. The van der Waals surface area contributed by atoms with Crippen LogP contribution in [0.5, 0.6) is 0 Å². The van der Waals surface area contributed by atoms with Gasteiger partial charge in [0.15, 0.2) is 5.65 Å². The van der Waals surface area contributed by atoms with E-state index in [1.807, 2.05) is 35.6 Å². The predicted molar refractivity (Wildman–Crippen MR) is 96.6 cm³/mol. The van der Waals surface area contributed by atoms with Crippen LogP contribution in [0.15, 0.2) is 42.6 Å². The van der Waals surface area contributed by atoms with Gasteiger partial charge in [-0.3, -0.25) is 14.1 Å². The summed E-state index contributed by atoms with van der Waals surface area (Å²) in [5, 5.41) is 11.1. The molecular formula is C19H21N5O. The van der Waals surface area contributed by atoms with Crippen LogP contribution in [0, 0.1) is 6.92 Å². The van der Waals surface area contributed by atoms with E-state index >= 15 is 0 Å². The van der Waals surface area contributed by atoms with E-state index in [1.165, 1.54) is 12.8 Å². The molecule has 0 atom stereocenters. The number of aryl methyl sites for hydroxylation is 1. The van der Waals surface area contributed by atoms with Crippen LogP contribution < -0.4 is 5.32 Å². The van der Waals surface area contributed by atoms with Crippen LogP contribution in [-0.2, 0) is 6.54 Å². The second-order valence-corrected chi connectivity index (χ2v) is 6.49. The Kier molecular flexibility index (Phi) is 4.19. The lowest BCUT2D eigenvalue weighted by Gasteiger charge is -2.18. The Morgan fingerprint density at radius 1 is 1.12 bits per heavy atom. The number of rotatable bonds is 4. The highest BCUT2D eigenvalue weighted by molar-refractivity contribution is 6.04. The summed E-state index contributed by atoms with van der Waals surface area (Å²) in [6, 6.07) is 11.6. The molecule has 3 aromatic rings. The Labute approximate surface area is 146 Å². The number of hydrogen-bond acceptors (Lipinski definition) is 4. The molecule has 0 radical (unpaired) electrons. The van der Waals surface area contributed by atoms with Crippen molar-refractivity contribution in [3.63, 3.8) is 0 Å². The number of nitrogens with one attached hydrogen (secondary N) is 1. The van der Waals surface area contributed by atoms with Crippen LogP contribution in [0.1, 0.15) is 34.6 Å². The molecule has 4 rings (SSSR count). The minimum atomic E-state index is -0.121. The van der Waals surface area contributed by atoms with E-state index in [0.29, 0.717) is 5.56 Å². The lowest BCUT2D eigenvalue weighted by atomic mass is 10.1. The van der Waals surface area contributed by atoms with Crippen molar-refractivity contribution in [3.05, 3.63) is 59.5 Å².